The maximum absolute atomic E-state index is 4.55. The van der Waals surface area contributed by atoms with Gasteiger partial charge in [0.15, 0.2) is 0 Å². The van der Waals surface area contributed by atoms with Gasteiger partial charge in [-0.3, -0.25) is 0 Å². The summed E-state index contributed by atoms with van der Waals surface area (Å²) in [5.74, 6) is 0. The zero-order valence-electron chi connectivity index (χ0n) is 26.5. The highest BCUT2D eigenvalue weighted by atomic mass is 15.1. The third-order valence-corrected chi connectivity index (χ3v) is 9.64. The summed E-state index contributed by atoms with van der Waals surface area (Å²) in [5, 5.41) is 5.83. The lowest BCUT2D eigenvalue weighted by Crippen LogP contribution is -2.26. The predicted molar refractivity (Wildman–Crippen MR) is 197 cm³/mol. The van der Waals surface area contributed by atoms with Gasteiger partial charge in [-0.05, 0) is 88.5 Å². The summed E-state index contributed by atoms with van der Waals surface area (Å²) in [5.41, 5.74) is 11.1. The van der Waals surface area contributed by atoms with Crippen molar-refractivity contribution in [2.45, 2.75) is 26.2 Å². The summed E-state index contributed by atoms with van der Waals surface area (Å²) in [7, 11) is 0. The fourth-order valence-corrected chi connectivity index (χ4v) is 7.43. The number of para-hydroxylation sites is 2. The highest BCUT2D eigenvalue weighted by Gasteiger charge is 2.36. The van der Waals surface area contributed by atoms with Crippen molar-refractivity contribution in [1.29, 1.82) is 0 Å². The molecule has 1 aromatic heterocycles. The Bertz CT molecular complexity index is 2410. The van der Waals surface area contributed by atoms with Gasteiger partial charge in [-0.25, -0.2) is 0 Å². The van der Waals surface area contributed by atoms with E-state index in [2.05, 4.69) is 182 Å². The van der Waals surface area contributed by atoms with Gasteiger partial charge < -0.3 is 9.47 Å². The number of aromatic nitrogens is 1. The summed E-state index contributed by atoms with van der Waals surface area (Å²) < 4.78 is 2.28. The number of allylic oxidation sites excluding steroid dienone is 2. The average Bonchev–Trinajstić information content (AvgIpc) is 3.50. The summed E-state index contributed by atoms with van der Waals surface area (Å²) in [6.45, 7) is 11.3. The molecule has 0 N–H and O–H groups in total. The Labute approximate surface area is 270 Å². The van der Waals surface area contributed by atoms with Crippen LogP contribution in [0.3, 0.4) is 0 Å². The second kappa shape index (κ2) is 10.8. The molecule has 0 saturated heterocycles. The van der Waals surface area contributed by atoms with Crippen molar-refractivity contribution in [2.24, 2.45) is 0 Å². The quantitative estimate of drug-likeness (QED) is 0.193. The van der Waals surface area contributed by atoms with Crippen LogP contribution in [-0.4, -0.2) is 4.57 Å². The molecule has 0 saturated carbocycles. The zero-order chi connectivity index (χ0) is 31.4. The number of rotatable bonds is 5. The van der Waals surface area contributed by atoms with Gasteiger partial charge in [0.05, 0.1) is 5.52 Å². The van der Waals surface area contributed by atoms with E-state index >= 15 is 0 Å². The Balaban J connectivity index is 1.35. The van der Waals surface area contributed by atoms with Crippen LogP contribution in [0.15, 0.2) is 146 Å². The topological polar surface area (TPSA) is 8.17 Å². The highest BCUT2D eigenvalue weighted by molar-refractivity contribution is 6.04. The number of benzene rings is 6. The summed E-state index contributed by atoms with van der Waals surface area (Å²) in [6, 6.07) is 48.5. The Morgan fingerprint density at radius 2 is 1.33 bits per heavy atom. The molecular weight excluding hydrogens is 556 g/mol. The van der Waals surface area contributed by atoms with Crippen molar-refractivity contribution in [3.05, 3.63) is 167 Å². The van der Waals surface area contributed by atoms with E-state index in [0.29, 0.717) is 0 Å². The fourth-order valence-electron chi connectivity index (χ4n) is 7.43. The maximum Gasteiger partial charge on any atom is 0.0561 e. The molecule has 1 heterocycles. The highest BCUT2D eigenvalue weighted by Crippen LogP contribution is 2.51. The third kappa shape index (κ3) is 4.25. The molecule has 0 amide bonds. The molecule has 7 aromatic rings. The lowest BCUT2D eigenvalue weighted by atomic mass is 9.82. The first-order valence-electron chi connectivity index (χ1n) is 16.0. The van der Waals surface area contributed by atoms with Gasteiger partial charge in [-0.1, -0.05) is 124 Å². The van der Waals surface area contributed by atoms with Gasteiger partial charge in [0.25, 0.3) is 0 Å². The molecule has 6 aromatic carbocycles. The van der Waals surface area contributed by atoms with E-state index in [1.54, 1.807) is 0 Å². The van der Waals surface area contributed by atoms with Crippen LogP contribution in [-0.2, 0) is 5.41 Å². The van der Waals surface area contributed by atoms with Crippen LogP contribution in [0.5, 0.6) is 0 Å². The molecule has 0 unspecified atom stereocenters. The number of nitrogens with zero attached hydrogens (tertiary/aromatic N) is 2. The van der Waals surface area contributed by atoms with Gasteiger partial charge in [0.1, 0.15) is 0 Å². The van der Waals surface area contributed by atoms with Crippen LogP contribution in [0.25, 0.3) is 51.1 Å². The normalized spacial score (nSPS) is 13.8. The summed E-state index contributed by atoms with van der Waals surface area (Å²) in [6.07, 6.45) is 6.32. The SMILES string of the molecule is C=c1/c(=C\C=C/C)c2ccc(N(c3ccccc3)c3ccc4c5c(ccc4c3)C(C)(C)c3ccccc3-5)cc2n1-c1ccccc1. The van der Waals surface area contributed by atoms with E-state index in [1.807, 2.05) is 6.92 Å². The zero-order valence-corrected chi connectivity index (χ0v) is 26.5. The second-order valence-electron chi connectivity index (χ2n) is 12.7. The van der Waals surface area contributed by atoms with Crippen molar-refractivity contribution in [2.75, 3.05) is 4.90 Å². The van der Waals surface area contributed by atoms with Gasteiger partial charge in [-0.2, -0.15) is 0 Å². The van der Waals surface area contributed by atoms with Crippen molar-refractivity contribution in [3.8, 4) is 16.8 Å². The van der Waals surface area contributed by atoms with E-state index in [-0.39, 0.29) is 5.41 Å². The second-order valence-corrected chi connectivity index (χ2v) is 12.7. The van der Waals surface area contributed by atoms with Crippen LogP contribution in [0, 0.1) is 0 Å². The van der Waals surface area contributed by atoms with Crippen molar-refractivity contribution in [3.63, 3.8) is 0 Å². The lowest BCUT2D eigenvalue weighted by molar-refractivity contribution is 0.661. The molecule has 0 atom stereocenters. The monoisotopic (exact) mass is 592 g/mol. The first kappa shape index (κ1) is 27.9. The minimum atomic E-state index is -0.0197. The molecule has 8 rings (SSSR count). The Hall–Kier alpha value is -5.60. The van der Waals surface area contributed by atoms with Gasteiger partial charge in [0, 0.05) is 44.1 Å². The van der Waals surface area contributed by atoms with Crippen molar-refractivity contribution < 1.29 is 0 Å². The van der Waals surface area contributed by atoms with E-state index in [0.717, 1.165) is 38.8 Å². The average molecular weight is 593 g/mol. The lowest BCUT2D eigenvalue weighted by Gasteiger charge is -2.26. The summed E-state index contributed by atoms with van der Waals surface area (Å²) in [4.78, 5) is 2.37. The number of hydrogen-bond donors (Lipinski definition) is 0. The molecule has 1 aliphatic rings. The molecule has 1 aliphatic carbocycles. The van der Waals surface area contributed by atoms with Crippen LogP contribution < -0.4 is 15.5 Å². The van der Waals surface area contributed by atoms with Crippen LogP contribution in [0.4, 0.5) is 17.1 Å². The number of hydrogen-bond acceptors (Lipinski definition) is 1. The molecular formula is C44H36N2. The van der Waals surface area contributed by atoms with Crippen molar-refractivity contribution in [1.82, 2.24) is 4.57 Å². The van der Waals surface area contributed by atoms with Crippen LogP contribution in [0.2, 0.25) is 0 Å². The maximum atomic E-state index is 4.55. The van der Waals surface area contributed by atoms with E-state index in [9.17, 15) is 0 Å². The Morgan fingerprint density at radius 3 is 2.09 bits per heavy atom. The van der Waals surface area contributed by atoms with Crippen molar-refractivity contribution >= 4 is 51.4 Å². The third-order valence-electron chi connectivity index (χ3n) is 9.64. The molecule has 2 nitrogen and oxygen atoms in total. The number of anilines is 3. The molecule has 2 heteroatoms. The smallest absolute Gasteiger partial charge is 0.0561 e. The van der Waals surface area contributed by atoms with E-state index < -0.39 is 0 Å². The molecule has 0 bridgehead atoms. The summed E-state index contributed by atoms with van der Waals surface area (Å²) >= 11 is 0. The molecule has 0 fully saturated rings. The molecule has 0 aliphatic heterocycles. The van der Waals surface area contributed by atoms with Gasteiger partial charge in [-0.15, -0.1) is 0 Å². The van der Waals surface area contributed by atoms with Gasteiger partial charge in [0.2, 0.25) is 0 Å². The van der Waals surface area contributed by atoms with Crippen LogP contribution in [0.1, 0.15) is 31.9 Å². The predicted octanol–water partition coefficient (Wildman–Crippen LogP) is 10.3. The molecule has 222 valence electrons. The Morgan fingerprint density at radius 1 is 0.652 bits per heavy atom. The molecule has 0 spiro atoms. The van der Waals surface area contributed by atoms with E-state index in [1.165, 1.54) is 38.4 Å². The largest absolute Gasteiger partial charge is 0.310 e. The molecule has 46 heavy (non-hydrogen) atoms. The minimum absolute atomic E-state index is 0.0197. The van der Waals surface area contributed by atoms with E-state index in [4.69, 9.17) is 0 Å². The van der Waals surface area contributed by atoms with Crippen LogP contribution >= 0.6 is 0 Å². The fraction of sp³-hybridized carbons (Fsp3) is 0.0909. The van der Waals surface area contributed by atoms with Gasteiger partial charge >= 0.3 is 0 Å². The first-order chi connectivity index (χ1) is 22.5. The standard InChI is InChI=1S/C44H36N2/c1-5-6-19-36-30(2)45(32-15-9-7-10-16-32)42-29-35(24-26-38(36)42)46(33-17-11-8-12-18-33)34-23-25-37-31(28-34)22-27-41-43(37)39-20-13-14-21-40(39)44(41,3)4/h5-29H,2H2,1,3-4H3/b6-5-,36-19+. The number of fused-ring (bicyclic) bond motifs is 6. The minimum Gasteiger partial charge on any atom is -0.310 e. The first-order valence-corrected chi connectivity index (χ1v) is 16.0. The molecule has 0 radical (unpaired) electrons. The Kier molecular flexibility index (Phi) is 6.54.